The van der Waals surface area contributed by atoms with E-state index in [1.165, 1.54) is 22.3 Å². The van der Waals surface area contributed by atoms with Crippen molar-refractivity contribution in [3.8, 4) is 0 Å². The maximum atomic E-state index is 6.31. The molecule has 0 unspecified atom stereocenters. The molecule has 0 aliphatic heterocycles. The maximum Gasteiger partial charge on any atom is 0.0478 e. The average Bonchev–Trinajstić information content (AvgIpc) is 3.04. The second-order valence-electron chi connectivity index (χ2n) is 6.48. The van der Waals surface area contributed by atoms with Gasteiger partial charge in [0.1, 0.15) is 0 Å². The van der Waals surface area contributed by atoms with Crippen molar-refractivity contribution in [1.82, 2.24) is 0 Å². The minimum absolute atomic E-state index is 0.758. The van der Waals surface area contributed by atoms with Gasteiger partial charge in [0.05, 0.1) is 0 Å². The summed E-state index contributed by atoms with van der Waals surface area (Å²) in [6.07, 6.45) is 9.43. The summed E-state index contributed by atoms with van der Waals surface area (Å²) >= 11 is 12.6. The van der Waals surface area contributed by atoms with Crippen LogP contribution in [0, 0.1) is 0 Å². The van der Waals surface area contributed by atoms with E-state index < -0.39 is 0 Å². The Labute approximate surface area is 170 Å². The lowest BCUT2D eigenvalue weighted by Crippen LogP contribution is -1.81. The quantitative estimate of drug-likeness (QED) is 0.428. The van der Waals surface area contributed by atoms with Crippen LogP contribution in [0.5, 0.6) is 0 Å². The van der Waals surface area contributed by atoms with Gasteiger partial charge in [0, 0.05) is 10.0 Å². The zero-order chi connectivity index (χ0) is 18.6. The number of allylic oxidation sites excluding steroid dienone is 4. The molecule has 1 aliphatic rings. The molecule has 0 nitrogen and oxygen atoms in total. The molecule has 0 atom stereocenters. The molecule has 0 aromatic heterocycles. The molecule has 0 saturated carbocycles. The van der Waals surface area contributed by atoms with Crippen molar-refractivity contribution in [2.24, 2.45) is 0 Å². The third-order valence-corrected chi connectivity index (χ3v) is 5.43. The average molecular weight is 389 g/mol. The summed E-state index contributed by atoms with van der Waals surface area (Å²) in [5, 5.41) is 1.52. The number of rotatable bonds is 4. The summed E-state index contributed by atoms with van der Waals surface area (Å²) in [6, 6.07) is 24.3. The van der Waals surface area contributed by atoms with Gasteiger partial charge in [-0.2, -0.15) is 0 Å². The largest absolute Gasteiger partial charge is 0.0837 e. The van der Waals surface area contributed by atoms with E-state index in [1.54, 1.807) is 0 Å². The van der Waals surface area contributed by atoms with Crippen LogP contribution in [0.25, 0.3) is 17.7 Å². The van der Waals surface area contributed by atoms with Gasteiger partial charge in [-0.3, -0.25) is 0 Å². The molecule has 1 aliphatic carbocycles. The van der Waals surface area contributed by atoms with Crippen LogP contribution in [0.1, 0.15) is 22.3 Å². The molecule has 0 fully saturated rings. The normalized spacial score (nSPS) is 13.7. The Morgan fingerprint density at radius 2 is 1.15 bits per heavy atom. The molecule has 0 spiro atoms. The van der Waals surface area contributed by atoms with E-state index in [0.717, 1.165) is 27.6 Å². The van der Waals surface area contributed by atoms with E-state index in [-0.39, 0.29) is 0 Å². The highest BCUT2D eigenvalue weighted by Gasteiger charge is 2.17. The van der Waals surface area contributed by atoms with Crippen LogP contribution >= 0.6 is 23.2 Å². The first kappa shape index (κ1) is 17.9. The Bertz CT molecular complexity index is 1070. The van der Waals surface area contributed by atoms with Gasteiger partial charge in [0.25, 0.3) is 0 Å². The van der Waals surface area contributed by atoms with E-state index >= 15 is 0 Å². The van der Waals surface area contributed by atoms with Gasteiger partial charge in [-0.15, -0.1) is 0 Å². The van der Waals surface area contributed by atoms with Crippen LogP contribution in [0.2, 0.25) is 10.0 Å². The molecule has 3 aromatic carbocycles. The second-order valence-corrected chi connectivity index (χ2v) is 7.30. The monoisotopic (exact) mass is 388 g/mol. The van der Waals surface area contributed by atoms with Gasteiger partial charge in [-0.25, -0.2) is 0 Å². The van der Waals surface area contributed by atoms with Crippen LogP contribution in [-0.4, -0.2) is 0 Å². The Morgan fingerprint density at radius 1 is 0.593 bits per heavy atom. The molecule has 132 valence electrons. The highest BCUT2D eigenvalue weighted by Crippen LogP contribution is 2.35. The van der Waals surface area contributed by atoms with Crippen molar-refractivity contribution in [2.75, 3.05) is 0 Å². The van der Waals surface area contributed by atoms with Gasteiger partial charge >= 0.3 is 0 Å². The SMILES string of the molecule is Clc1ccccc1/C=C/C1=C(/C=C/c2ccccc2Cl)c2ccccc2C1. The third-order valence-electron chi connectivity index (χ3n) is 4.74. The van der Waals surface area contributed by atoms with Crippen molar-refractivity contribution >= 4 is 40.9 Å². The summed E-state index contributed by atoms with van der Waals surface area (Å²) in [5.41, 5.74) is 7.17. The molecule has 2 heteroatoms. The minimum atomic E-state index is 0.758. The standard InChI is InChI=1S/C25H18Cl2/c26-24-11-5-2-7-18(24)13-14-21-17-20-9-1-4-10-22(20)23(21)16-15-19-8-3-6-12-25(19)27/h1-16H,17H2/b14-13+,16-15+. The lowest BCUT2D eigenvalue weighted by molar-refractivity contribution is 1.25. The maximum absolute atomic E-state index is 6.31. The molecule has 0 heterocycles. The fourth-order valence-electron chi connectivity index (χ4n) is 3.34. The van der Waals surface area contributed by atoms with E-state index in [9.17, 15) is 0 Å². The van der Waals surface area contributed by atoms with Crippen LogP contribution in [0.4, 0.5) is 0 Å². The predicted molar refractivity (Wildman–Crippen MR) is 118 cm³/mol. The van der Waals surface area contributed by atoms with Gasteiger partial charge < -0.3 is 0 Å². The van der Waals surface area contributed by atoms with E-state index in [1.807, 2.05) is 48.5 Å². The summed E-state index contributed by atoms with van der Waals surface area (Å²) in [5.74, 6) is 0. The first-order valence-corrected chi connectivity index (χ1v) is 9.64. The minimum Gasteiger partial charge on any atom is -0.0837 e. The number of benzene rings is 3. The second kappa shape index (κ2) is 8.00. The van der Waals surface area contributed by atoms with Crippen LogP contribution in [-0.2, 0) is 6.42 Å². The lowest BCUT2D eigenvalue weighted by Gasteiger charge is -2.03. The summed E-state index contributed by atoms with van der Waals surface area (Å²) in [6.45, 7) is 0. The molecule has 27 heavy (non-hydrogen) atoms. The molecular weight excluding hydrogens is 371 g/mol. The number of hydrogen-bond acceptors (Lipinski definition) is 0. The van der Waals surface area contributed by atoms with Crippen molar-refractivity contribution in [3.05, 3.63) is 123 Å². The van der Waals surface area contributed by atoms with Crippen LogP contribution in [0.15, 0.2) is 90.5 Å². The zero-order valence-corrected chi connectivity index (χ0v) is 16.2. The number of fused-ring (bicyclic) bond motifs is 1. The molecule has 4 rings (SSSR count). The highest BCUT2D eigenvalue weighted by atomic mass is 35.5. The summed E-state index contributed by atoms with van der Waals surface area (Å²) in [4.78, 5) is 0. The Balaban J connectivity index is 1.73. The van der Waals surface area contributed by atoms with Crippen molar-refractivity contribution in [1.29, 1.82) is 0 Å². The Hall–Kier alpha value is -2.54. The summed E-state index contributed by atoms with van der Waals surface area (Å²) < 4.78 is 0. The third kappa shape index (κ3) is 3.93. The topological polar surface area (TPSA) is 0 Å². The lowest BCUT2D eigenvalue weighted by atomic mass is 10.0. The van der Waals surface area contributed by atoms with Crippen molar-refractivity contribution in [3.63, 3.8) is 0 Å². The first-order valence-electron chi connectivity index (χ1n) is 8.89. The molecule has 3 aromatic rings. The molecular formula is C25H18Cl2. The van der Waals surface area contributed by atoms with Gasteiger partial charge in [-0.05, 0) is 52.0 Å². The predicted octanol–water partition coefficient (Wildman–Crippen LogP) is 7.73. The van der Waals surface area contributed by atoms with E-state index in [0.29, 0.717) is 0 Å². The number of hydrogen-bond donors (Lipinski definition) is 0. The Morgan fingerprint density at radius 3 is 1.81 bits per heavy atom. The fraction of sp³-hybridized carbons (Fsp3) is 0.0400. The first-order chi connectivity index (χ1) is 13.2. The summed E-state index contributed by atoms with van der Waals surface area (Å²) in [7, 11) is 0. The van der Waals surface area contributed by atoms with Gasteiger partial charge in [0.2, 0.25) is 0 Å². The smallest absolute Gasteiger partial charge is 0.0478 e. The zero-order valence-electron chi connectivity index (χ0n) is 14.7. The molecule has 0 saturated heterocycles. The van der Waals surface area contributed by atoms with Gasteiger partial charge in [-0.1, -0.05) is 108 Å². The number of halogens is 2. The Kier molecular flexibility index (Phi) is 5.29. The molecule has 0 amide bonds. The van der Waals surface area contributed by atoms with E-state index in [2.05, 4.69) is 48.6 Å². The van der Waals surface area contributed by atoms with Gasteiger partial charge in [0.15, 0.2) is 0 Å². The van der Waals surface area contributed by atoms with Crippen molar-refractivity contribution < 1.29 is 0 Å². The van der Waals surface area contributed by atoms with Crippen LogP contribution < -0.4 is 0 Å². The molecule has 0 N–H and O–H groups in total. The highest BCUT2D eigenvalue weighted by molar-refractivity contribution is 6.32. The van der Waals surface area contributed by atoms with Crippen molar-refractivity contribution in [2.45, 2.75) is 6.42 Å². The van der Waals surface area contributed by atoms with Crippen LogP contribution in [0.3, 0.4) is 0 Å². The van der Waals surface area contributed by atoms with E-state index in [4.69, 9.17) is 23.2 Å². The molecule has 0 radical (unpaired) electrons. The fourth-order valence-corrected chi connectivity index (χ4v) is 3.74. The molecule has 0 bridgehead atoms.